The SMILES string of the molecule is NNc1cc(C(F)(F)F)ccc1C#CC=O. The first kappa shape index (κ1) is 12.1. The molecule has 0 bridgehead atoms. The molecule has 1 rings (SSSR count). The molecule has 84 valence electrons. The summed E-state index contributed by atoms with van der Waals surface area (Å²) >= 11 is 0. The number of nitrogen functional groups attached to an aromatic ring is 1. The lowest BCUT2D eigenvalue weighted by molar-refractivity contribution is -0.137. The van der Waals surface area contributed by atoms with E-state index in [0.29, 0.717) is 6.29 Å². The van der Waals surface area contributed by atoms with Crippen LogP contribution in [0.3, 0.4) is 0 Å². The van der Waals surface area contributed by atoms with Gasteiger partial charge in [-0.05, 0) is 24.1 Å². The summed E-state index contributed by atoms with van der Waals surface area (Å²) in [6.45, 7) is 0. The number of nitrogens with one attached hydrogen (secondary N) is 1. The number of halogens is 3. The highest BCUT2D eigenvalue weighted by molar-refractivity contribution is 5.75. The fraction of sp³-hybridized carbons (Fsp3) is 0.100. The van der Waals surface area contributed by atoms with Crippen molar-refractivity contribution in [2.24, 2.45) is 5.84 Å². The number of hydrogen-bond donors (Lipinski definition) is 2. The van der Waals surface area contributed by atoms with E-state index in [0.717, 1.165) is 18.2 Å². The Labute approximate surface area is 89.4 Å². The number of anilines is 1. The molecule has 3 N–H and O–H groups in total. The van der Waals surface area contributed by atoms with Crippen LogP contribution < -0.4 is 11.3 Å². The molecule has 16 heavy (non-hydrogen) atoms. The van der Waals surface area contributed by atoms with Gasteiger partial charge in [-0.15, -0.1) is 0 Å². The first-order valence-corrected chi connectivity index (χ1v) is 4.12. The predicted molar refractivity (Wildman–Crippen MR) is 52.2 cm³/mol. The van der Waals surface area contributed by atoms with Gasteiger partial charge in [0.2, 0.25) is 0 Å². The molecule has 1 aromatic carbocycles. The molecule has 0 saturated heterocycles. The van der Waals surface area contributed by atoms with Crippen molar-refractivity contribution in [2.75, 3.05) is 5.43 Å². The average molecular weight is 228 g/mol. The van der Waals surface area contributed by atoms with Crippen molar-refractivity contribution in [1.82, 2.24) is 0 Å². The monoisotopic (exact) mass is 228 g/mol. The standard InChI is InChI=1S/C10H7F3N2O/c11-10(12,13)8-4-3-7(2-1-5-16)9(6-8)15-14/h3-6,15H,14H2. The summed E-state index contributed by atoms with van der Waals surface area (Å²) in [5, 5.41) is 0. The molecule has 0 aromatic heterocycles. The van der Waals surface area contributed by atoms with Crippen LogP contribution in [0.25, 0.3) is 0 Å². The minimum absolute atomic E-state index is 0.0178. The molecule has 0 amide bonds. The molecule has 0 spiro atoms. The van der Waals surface area contributed by atoms with Gasteiger partial charge in [0.25, 0.3) is 0 Å². The van der Waals surface area contributed by atoms with E-state index in [1.807, 2.05) is 0 Å². The lowest BCUT2D eigenvalue weighted by atomic mass is 10.1. The van der Waals surface area contributed by atoms with E-state index < -0.39 is 11.7 Å². The molecular formula is C10H7F3N2O. The van der Waals surface area contributed by atoms with Gasteiger partial charge in [0, 0.05) is 5.56 Å². The zero-order valence-corrected chi connectivity index (χ0v) is 7.93. The number of carbonyl (C=O) groups is 1. The van der Waals surface area contributed by atoms with Crippen molar-refractivity contribution >= 4 is 12.0 Å². The lowest BCUT2D eigenvalue weighted by Crippen LogP contribution is -2.11. The Hall–Kier alpha value is -2.00. The molecular weight excluding hydrogens is 221 g/mol. The minimum Gasteiger partial charge on any atom is -0.323 e. The quantitative estimate of drug-likeness (QED) is 0.332. The molecule has 3 nitrogen and oxygen atoms in total. The van der Waals surface area contributed by atoms with Crippen LogP contribution in [0, 0.1) is 11.8 Å². The van der Waals surface area contributed by atoms with Crippen molar-refractivity contribution in [1.29, 1.82) is 0 Å². The summed E-state index contributed by atoms with van der Waals surface area (Å²) in [5.74, 6) is 9.52. The first-order chi connectivity index (χ1) is 7.49. The molecule has 0 unspecified atom stereocenters. The number of carbonyl (C=O) groups excluding carboxylic acids is 1. The van der Waals surface area contributed by atoms with Crippen LogP contribution in [-0.4, -0.2) is 6.29 Å². The molecule has 0 aliphatic carbocycles. The summed E-state index contributed by atoms with van der Waals surface area (Å²) in [6.07, 6.45) is -4.10. The van der Waals surface area contributed by atoms with Crippen molar-refractivity contribution < 1.29 is 18.0 Å². The summed E-state index contributed by atoms with van der Waals surface area (Å²) in [6, 6.07) is 2.85. The molecule has 6 heteroatoms. The fourth-order valence-corrected chi connectivity index (χ4v) is 1.06. The maximum absolute atomic E-state index is 12.3. The number of hydrogen-bond acceptors (Lipinski definition) is 3. The fourth-order valence-electron chi connectivity index (χ4n) is 1.06. The number of alkyl halides is 3. The maximum atomic E-state index is 12.3. The smallest absolute Gasteiger partial charge is 0.323 e. The first-order valence-electron chi connectivity index (χ1n) is 4.12. The molecule has 1 aromatic rings. The zero-order chi connectivity index (χ0) is 12.2. The van der Waals surface area contributed by atoms with E-state index >= 15 is 0 Å². The van der Waals surface area contributed by atoms with Gasteiger partial charge in [-0.25, -0.2) is 0 Å². The molecule has 0 aliphatic rings. The van der Waals surface area contributed by atoms with Crippen LogP contribution in [0.15, 0.2) is 18.2 Å². The normalized spacial score (nSPS) is 10.2. The second kappa shape index (κ2) is 4.68. The van der Waals surface area contributed by atoms with Gasteiger partial charge in [-0.3, -0.25) is 10.6 Å². The van der Waals surface area contributed by atoms with E-state index in [-0.39, 0.29) is 11.3 Å². The Balaban J connectivity index is 3.22. The number of hydrazine groups is 1. The van der Waals surface area contributed by atoms with Crippen molar-refractivity contribution in [3.8, 4) is 11.8 Å². The predicted octanol–water partition coefficient (Wildman–Crippen LogP) is 1.54. The van der Waals surface area contributed by atoms with E-state index in [1.54, 1.807) is 0 Å². The van der Waals surface area contributed by atoms with E-state index in [1.165, 1.54) is 0 Å². The largest absolute Gasteiger partial charge is 0.416 e. The van der Waals surface area contributed by atoms with Crippen LogP contribution in [0.1, 0.15) is 11.1 Å². The van der Waals surface area contributed by atoms with Gasteiger partial charge in [0.15, 0.2) is 6.29 Å². The second-order valence-corrected chi connectivity index (χ2v) is 2.79. The Morgan fingerprint density at radius 2 is 2.06 bits per heavy atom. The lowest BCUT2D eigenvalue weighted by Gasteiger charge is -2.09. The summed E-state index contributed by atoms with van der Waals surface area (Å²) in [7, 11) is 0. The highest BCUT2D eigenvalue weighted by atomic mass is 19.4. The van der Waals surface area contributed by atoms with Gasteiger partial charge in [0.05, 0.1) is 11.3 Å². The second-order valence-electron chi connectivity index (χ2n) is 2.79. The highest BCUT2D eigenvalue weighted by Gasteiger charge is 2.30. The Morgan fingerprint density at radius 3 is 2.56 bits per heavy atom. The van der Waals surface area contributed by atoms with Crippen LogP contribution in [0.5, 0.6) is 0 Å². The third-order valence-electron chi connectivity index (χ3n) is 1.77. The average Bonchev–Trinajstić information content (AvgIpc) is 2.24. The number of rotatable bonds is 1. The third-order valence-corrected chi connectivity index (χ3v) is 1.77. The Morgan fingerprint density at radius 1 is 1.38 bits per heavy atom. The highest BCUT2D eigenvalue weighted by Crippen LogP contribution is 2.31. The van der Waals surface area contributed by atoms with Crippen LogP contribution in [-0.2, 0) is 11.0 Å². The van der Waals surface area contributed by atoms with Gasteiger partial charge in [-0.1, -0.05) is 5.92 Å². The molecule has 0 fully saturated rings. The van der Waals surface area contributed by atoms with Crippen LogP contribution >= 0.6 is 0 Å². The Kier molecular flexibility index (Phi) is 3.53. The number of benzene rings is 1. The maximum Gasteiger partial charge on any atom is 0.416 e. The van der Waals surface area contributed by atoms with Crippen molar-refractivity contribution in [2.45, 2.75) is 6.18 Å². The molecule has 0 heterocycles. The molecule has 0 atom stereocenters. The third kappa shape index (κ3) is 2.74. The topological polar surface area (TPSA) is 55.1 Å². The summed E-state index contributed by atoms with van der Waals surface area (Å²) in [5.41, 5.74) is 1.50. The minimum atomic E-state index is -4.44. The number of aldehydes is 1. The summed E-state index contributed by atoms with van der Waals surface area (Å²) in [4.78, 5) is 10.00. The molecule has 0 saturated carbocycles. The number of nitrogens with two attached hydrogens (primary N) is 1. The molecule has 0 aliphatic heterocycles. The Bertz CT molecular complexity index is 457. The molecule has 0 radical (unpaired) electrons. The van der Waals surface area contributed by atoms with Crippen LogP contribution in [0.4, 0.5) is 18.9 Å². The van der Waals surface area contributed by atoms with Crippen LogP contribution in [0.2, 0.25) is 0 Å². The van der Waals surface area contributed by atoms with E-state index in [9.17, 15) is 18.0 Å². The van der Waals surface area contributed by atoms with Gasteiger partial charge in [-0.2, -0.15) is 13.2 Å². The van der Waals surface area contributed by atoms with Crippen molar-refractivity contribution in [3.05, 3.63) is 29.3 Å². The van der Waals surface area contributed by atoms with Gasteiger partial charge < -0.3 is 5.43 Å². The van der Waals surface area contributed by atoms with Gasteiger partial charge in [0.1, 0.15) is 0 Å². The summed E-state index contributed by atoms with van der Waals surface area (Å²) < 4.78 is 37.0. The zero-order valence-electron chi connectivity index (χ0n) is 7.93. The van der Waals surface area contributed by atoms with Gasteiger partial charge >= 0.3 is 6.18 Å². The van der Waals surface area contributed by atoms with Crippen molar-refractivity contribution in [3.63, 3.8) is 0 Å². The van der Waals surface area contributed by atoms with E-state index in [2.05, 4.69) is 17.3 Å². The van der Waals surface area contributed by atoms with E-state index in [4.69, 9.17) is 5.84 Å².